The molecule has 1 aromatic rings. The van der Waals surface area contributed by atoms with Gasteiger partial charge in [0, 0.05) is 11.3 Å². The fraction of sp³-hybridized carbons (Fsp3) is 0.125. The van der Waals surface area contributed by atoms with Crippen LogP contribution < -0.4 is 10.5 Å². The summed E-state index contributed by atoms with van der Waals surface area (Å²) < 4.78 is 39.3. The van der Waals surface area contributed by atoms with E-state index in [0.29, 0.717) is 0 Å². The summed E-state index contributed by atoms with van der Waals surface area (Å²) in [5.41, 5.74) is 5.93. The third-order valence-corrected chi connectivity index (χ3v) is 2.08. The molecule has 0 spiro atoms. The maximum atomic E-state index is 11.9. The van der Waals surface area contributed by atoms with E-state index in [1.165, 1.54) is 6.07 Å². The molecule has 0 atom stereocenters. The topological polar surface area (TPSA) is 59.1 Å². The lowest BCUT2D eigenvalue weighted by Crippen LogP contribution is -2.17. The highest BCUT2D eigenvalue weighted by molar-refractivity contribution is 14.1. The molecule has 0 saturated carbocycles. The Kier molecular flexibility index (Phi) is 3.42. The quantitative estimate of drug-likeness (QED) is 0.498. The van der Waals surface area contributed by atoms with Crippen molar-refractivity contribution in [1.82, 2.24) is 0 Å². The number of ether oxygens (including phenoxy) is 1. The SMILES string of the molecule is N=C(I)c1cc(OC(F)(F)F)ccc1N. The van der Waals surface area contributed by atoms with Crippen LogP contribution in [-0.4, -0.2) is 10.1 Å². The zero-order valence-corrected chi connectivity index (χ0v) is 9.39. The van der Waals surface area contributed by atoms with Gasteiger partial charge in [0.25, 0.3) is 0 Å². The van der Waals surface area contributed by atoms with Crippen molar-refractivity contribution in [2.45, 2.75) is 6.36 Å². The summed E-state index contributed by atoms with van der Waals surface area (Å²) in [6.45, 7) is 0. The van der Waals surface area contributed by atoms with Crippen molar-refractivity contribution in [3.8, 4) is 5.75 Å². The number of alkyl halides is 3. The molecule has 3 nitrogen and oxygen atoms in total. The fourth-order valence-corrected chi connectivity index (χ4v) is 1.39. The molecular formula is C8H6F3IN2O. The van der Waals surface area contributed by atoms with E-state index in [1.807, 2.05) is 0 Å². The Morgan fingerprint density at radius 3 is 2.47 bits per heavy atom. The third-order valence-electron chi connectivity index (χ3n) is 1.49. The molecule has 3 N–H and O–H groups in total. The van der Waals surface area contributed by atoms with Gasteiger partial charge in [-0.1, -0.05) is 0 Å². The number of nitrogens with two attached hydrogens (primary N) is 1. The van der Waals surface area contributed by atoms with Gasteiger partial charge in [0.05, 0.1) is 0 Å². The van der Waals surface area contributed by atoms with E-state index in [-0.39, 0.29) is 20.7 Å². The Morgan fingerprint density at radius 1 is 1.40 bits per heavy atom. The summed E-state index contributed by atoms with van der Waals surface area (Å²) in [5.74, 6) is -0.381. The second-order valence-electron chi connectivity index (χ2n) is 2.61. The molecule has 0 aliphatic heterocycles. The minimum absolute atomic E-state index is 0.0534. The number of nitrogen functional groups attached to an aromatic ring is 1. The third kappa shape index (κ3) is 3.57. The number of halogens is 4. The number of hydrogen-bond donors (Lipinski definition) is 2. The largest absolute Gasteiger partial charge is 0.573 e. The van der Waals surface area contributed by atoms with E-state index in [9.17, 15) is 13.2 Å². The van der Waals surface area contributed by atoms with E-state index in [0.717, 1.165) is 12.1 Å². The Morgan fingerprint density at radius 2 is 2.00 bits per heavy atom. The van der Waals surface area contributed by atoms with Gasteiger partial charge in [-0.25, -0.2) is 0 Å². The standard InChI is InChI=1S/C8H6F3IN2O/c9-8(10,11)15-4-1-2-6(13)5(3-4)7(12)14/h1-3,14H,13H2. The highest BCUT2D eigenvalue weighted by Gasteiger charge is 2.31. The molecule has 1 rings (SSSR count). The molecule has 0 aromatic heterocycles. The molecule has 0 fully saturated rings. The van der Waals surface area contributed by atoms with Crippen molar-refractivity contribution in [3.63, 3.8) is 0 Å². The molecular weight excluding hydrogens is 324 g/mol. The van der Waals surface area contributed by atoms with E-state index < -0.39 is 6.36 Å². The molecule has 0 saturated heterocycles. The lowest BCUT2D eigenvalue weighted by molar-refractivity contribution is -0.274. The minimum Gasteiger partial charge on any atom is -0.406 e. The summed E-state index contributed by atoms with van der Waals surface area (Å²) >= 11 is 1.65. The number of benzene rings is 1. The molecule has 0 aliphatic carbocycles. The summed E-state index contributed by atoms with van der Waals surface area (Å²) in [7, 11) is 0. The maximum Gasteiger partial charge on any atom is 0.573 e. The lowest BCUT2D eigenvalue weighted by Gasteiger charge is -2.10. The summed E-state index contributed by atoms with van der Waals surface area (Å²) in [5, 5.41) is 7.27. The second-order valence-corrected chi connectivity index (χ2v) is 3.69. The maximum absolute atomic E-state index is 11.9. The van der Waals surface area contributed by atoms with Crippen LogP contribution in [0.3, 0.4) is 0 Å². The van der Waals surface area contributed by atoms with Crippen molar-refractivity contribution >= 4 is 32.0 Å². The van der Waals surface area contributed by atoms with Crippen molar-refractivity contribution in [2.24, 2.45) is 0 Å². The van der Waals surface area contributed by atoms with E-state index in [4.69, 9.17) is 11.1 Å². The van der Waals surface area contributed by atoms with E-state index in [2.05, 4.69) is 4.74 Å². The van der Waals surface area contributed by atoms with Crippen LogP contribution in [-0.2, 0) is 0 Å². The van der Waals surface area contributed by atoms with Crippen LogP contribution in [0.25, 0.3) is 0 Å². The van der Waals surface area contributed by atoms with Crippen LogP contribution in [0.1, 0.15) is 5.56 Å². The van der Waals surface area contributed by atoms with Gasteiger partial charge in [-0.15, -0.1) is 13.2 Å². The predicted molar refractivity (Wildman–Crippen MR) is 58.4 cm³/mol. The summed E-state index contributed by atoms with van der Waals surface area (Å²) in [6.07, 6.45) is -4.74. The Hall–Kier alpha value is -0.990. The Balaban J connectivity index is 3.03. The highest BCUT2D eigenvalue weighted by Crippen LogP contribution is 2.27. The van der Waals surface area contributed by atoms with Crippen molar-refractivity contribution in [2.75, 3.05) is 5.73 Å². The minimum atomic E-state index is -4.74. The van der Waals surface area contributed by atoms with Gasteiger partial charge in [-0.2, -0.15) is 0 Å². The average molecular weight is 330 g/mol. The molecule has 7 heteroatoms. The van der Waals surface area contributed by atoms with Gasteiger partial charge in [-0.3, -0.25) is 5.41 Å². The van der Waals surface area contributed by atoms with Crippen LogP contribution in [0.4, 0.5) is 18.9 Å². The molecule has 82 valence electrons. The molecule has 0 aliphatic rings. The zero-order chi connectivity index (χ0) is 11.6. The molecule has 0 radical (unpaired) electrons. The van der Waals surface area contributed by atoms with E-state index >= 15 is 0 Å². The van der Waals surface area contributed by atoms with Crippen LogP contribution in [0.5, 0.6) is 5.75 Å². The molecule has 0 amide bonds. The van der Waals surface area contributed by atoms with Gasteiger partial charge < -0.3 is 10.5 Å². The zero-order valence-electron chi connectivity index (χ0n) is 7.23. The van der Waals surface area contributed by atoms with Crippen LogP contribution in [0.15, 0.2) is 18.2 Å². The van der Waals surface area contributed by atoms with Crippen LogP contribution >= 0.6 is 22.6 Å². The highest BCUT2D eigenvalue weighted by atomic mass is 127. The Labute approximate surface area is 97.1 Å². The smallest absolute Gasteiger partial charge is 0.406 e. The lowest BCUT2D eigenvalue weighted by atomic mass is 10.2. The van der Waals surface area contributed by atoms with Crippen molar-refractivity contribution < 1.29 is 17.9 Å². The normalized spacial score (nSPS) is 11.2. The molecule has 0 heterocycles. The van der Waals surface area contributed by atoms with Gasteiger partial charge in [-0.05, 0) is 40.8 Å². The summed E-state index contributed by atoms with van der Waals surface area (Å²) in [6, 6.07) is 3.45. The molecule has 1 aromatic carbocycles. The number of rotatable bonds is 2. The first-order valence-corrected chi connectivity index (χ1v) is 4.77. The van der Waals surface area contributed by atoms with Crippen LogP contribution in [0.2, 0.25) is 0 Å². The number of nitrogens with one attached hydrogen (secondary N) is 1. The first-order valence-electron chi connectivity index (χ1n) is 3.69. The summed E-state index contributed by atoms with van der Waals surface area (Å²) in [4.78, 5) is 0. The Bertz CT molecular complexity index is 392. The average Bonchev–Trinajstić information content (AvgIpc) is 2.05. The van der Waals surface area contributed by atoms with Gasteiger partial charge in [0.2, 0.25) is 0 Å². The predicted octanol–water partition coefficient (Wildman–Crippen LogP) is 2.93. The first kappa shape index (κ1) is 12.1. The molecule has 0 bridgehead atoms. The fourth-order valence-electron chi connectivity index (χ4n) is 0.923. The number of anilines is 1. The monoisotopic (exact) mass is 330 g/mol. The van der Waals surface area contributed by atoms with Gasteiger partial charge >= 0.3 is 6.36 Å². The molecule has 0 unspecified atom stereocenters. The molecule has 15 heavy (non-hydrogen) atoms. The van der Waals surface area contributed by atoms with Crippen LogP contribution in [0, 0.1) is 5.41 Å². The van der Waals surface area contributed by atoms with Gasteiger partial charge in [0.15, 0.2) is 0 Å². The number of hydrogen-bond acceptors (Lipinski definition) is 3. The second kappa shape index (κ2) is 4.25. The van der Waals surface area contributed by atoms with E-state index in [1.54, 1.807) is 22.6 Å². The van der Waals surface area contributed by atoms with Gasteiger partial charge in [0.1, 0.15) is 9.47 Å². The first-order chi connectivity index (χ1) is 6.79. The van der Waals surface area contributed by atoms with Crippen molar-refractivity contribution in [3.05, 3.63) is 23.8 Å². The van der Waals surface area contributed by atoms with Crippen molar-refractivity contribution in [1.29, 1.82) is 5.41 Å².